The second-order valence-corrected chi connectivity index (χ2v) is 7.85. The van der Waals surface area contributed by atoms with Crippen LogP contribution in [0.5, 0.6) is 0 Å². The molecule has 0 aliphatic carbocycles. The van der Waals surface area contributed by atoms with Crippen LogP contribution in [0.1, 0.15) is 18.4 Å². The summed E-state index contributed by atoms with van der Waals surface area (Å²) in [6, 6.07) is 9.46. The summed E-state index contributed by atoms with van der Waals surface area (Å²) in [4.78, 5) is 2.08. The average Bonchev–Trinajstić information content (AvgIpc) is 2.54. The lowest BCUT2D eigenvalue weighted by Gasteiger charge is -2.30. The largest absolute Gasteiger partial charge is 0.377 e. The van der Waals surface area contributed by atoms with Gasteiger partial charge in [0.1, 0.15) is 0 Å². The molecule has 1 aromatic carbocycles. The van der Waals surface area contributed by atoms with Crippen molar-refractivity contribution in [1.82, 2.24) is 9.21 Å². The van der Waals surface area contributed by atoms with Crippen molar-refractivity contribution in [2.75, 3.05) is 40.3 Å². The van der Waals surface area contributed by atoms with E-state index in [4.69, 9.17) is 4.74 Å². The van der Waals surface area contributed by atoms with Gasteiger partial charge in [0.25, 0.3) is 0 Å². The van der Waals surface area contributed by atoms with E-state index in [2.05, 4.69) is 4.90 Å². The number of benzene rings is 1. The van der Waals surface area contributed by atoms with Gasteiger partial charge in [0, 0.05) is 25.0 Å². The van der Waals surface area contributed by atoms with Crippen LogP contribution in [0.3, 0.4) is 0 Å². The summed E-state index contributed by atoms with van der Waals surface area (Å²) in [5.74, 6) is 0. The molecule has 0 bridgehead atoms. The predicted octanol–water partition coefficient (Wildman–Crippen LogP) is 2.03. The van der Waals surface area contributed by atoms with Crippen LogP contribution in [0.4, 0.5) is 0 Å². The number of ether oxygens (including phenoxy) is 1. The molecule has 0 atom stereocenters. The molecule has 0 saturated carbocycles. The van der Waals surface area contributed by atoms with Gasteiger partial charge in [-0.1, -0.05) is 30.3 Å². The van der Waals surface area contributed by atoms with E-state index >= 15 is 0 Å². The third kappa shape index (κ3) is 6.06. The summed E-state index contributed by atoms with van der Waals surface area (Å²) in [6.45, 7) is 2.62. The van der Waals surface area contributed by atoms with Gasteiger partial charge in [-0.3, -0.25) is 0 Å². The van der Waals surface area contributed by atoms with Crippen LogP contribution in [0, 0.1) is 0 Å². The molecule has 0 spiro atoms. The van der Waals surface area contributed by atoms with E-state index in [1.807, 2.05) is 44.4 Å². The van der Waals surface area contributed by atoms with Gasteiger partial charge < -0.3 is 9.64 Å². The van der Waals surface area contributed by atoms with E-state index in [0.29, 0.717) is 19.7 Å². The van der Waals surface area contributed by atoms with Crippen molar-refractivity contribution >= 4 is 16.1 Å². The lowest BCUT2D eigenvalue weighted by Crippen LogP contribution is -2.40. The van der Waals surface area contributed by atoms with Crippen molar-refractivity contribution in [3.05, 3.63) is 41.3 Å². The summed E-state index contributed by atoms with van der Waals surface area (Å²) >= 11 is 0. The zero-order valence-corrected chi connectivity index (χ0v) is 14.7. The standard InChI is InChI=1S/C17H26N2O3S/c1-18(2)13-14-22-17-8-11-19(12-9-17)23(20,21)15-10-16-6-4-3-5-7-16/h3-7,10,15,17H,8-9,11-14H2,1-2H3. The molecule has 0 unspecified atom stereocenters. The zero-order valence-electron chi connectivity index (χ0n) is 13.9. The second kappa shape index (κ2) is 8.59. The molecule has 128 valence electrons. The van der Waals surface area contributed by atoms with Crippen LogP contribution >= 0.6 is 0 Å². The highest BCUT2D eigenvalue weighted by Crippen LogP contribution is 2.18. The van der Waals surface area contributed by atoms with Crippen LogP contribution in [0.25, 0.3) is 6.08 Å². The normalized spacial score (nSPS) is 18.0. The fraction of sp³-hybridized carbons (Fsp3) is 0.529. The van der Waals surface area contributed by atoms with E-state index in [0.717, 1.165) is 24.9 Å². The topological polar surface area (TPSA) is 49.9 Å². The fourth-order valence-corrected chi connectivity index (χ4v) is 3.69. The van der Waals surface area contributed by atoms with E-state index in [9.17, 15) is 8.42 Å². The SMILES string of the molecule is CN(C)CCOC1CCN(S(=O)(=O)C=Cc2ccccc2)CC1. The summed E-state index contributed by atoms with van der Waals surface area (Å²) in [7, 11) is 0.673. The number of sulfonamides is 1. The number of nitrogens with zero attached hydrogens (tertiary/aromatic N) is 2. The molecule has 0 N–H and O–H groups in total. The van der Waals surface area contributed by atoms with Crippen LogP contribution in [0.15, 0.2) is 35.7 Å². The molecule has 6 heteroatoms. The molecule has 2 rings (SSSR count). The molecule has 1 aliphatic rings. The second-order valence-electron chi connectivity index (χ2n) is 6.03. The molecule has 1 saturated heterocycles. The molecular weight excluding hydrogens is 312 g/mol. The maximum absolute atomic E-state index is 12.4. The highest BCUT2D eigenvalue weighted by Gasteiger charge is 2.26. The number of hydrogen-bond donors (Lipinski definition) is 0. The first-order valence-corrected chi connectivity index (χ1v) is 9.47. The van der Waals surface area contributed by atoms with Gasteiger partial charge in [0.15, 0.2) is 0 Å². The van der Waals surface area contributed by atoms with Gasteiger partial charge in [0.05, 0.1) is 12.7 Å². The molecule has 1 aromatic rings. The number of hydrogen-bond acceptors (Lipinski definition) is 4. The third-order valence-electron chi connectivity index (χ3n) is 3.88. The first-order chi connectivity index (χ1) is 11.0. The highest BCUT2D eigenvalue weighted by molar-refractivity contribution is 7.92. The molecule has 23 heavy (non-hydrogen) atoms. The molecular formula is C17H26N2O3S. The third-order valence-corrected chi connectivity index (χ3v) is 5.45. The molecule has 1 aliphatic heterocycles. The Balaban J connectivity index is 1.83. The Labute approximate surface area is 139 Å². The molecule has 1 fully saturated rings. The van der Waals surface area contributed by atoms with Crippen LogP contribution in [-0.2, 0) is 14.8 Å². The van der Waals surface area contributed by atoms with Crippen molar-refractivity contribution in [3.8, 4) is 0 Å². The van der Waals surface area contributed by atoms with E-state index in [1.165, 1.54) is 9.71 Å². The van der Waals surface area contributed by atoms with Crippen molar-refractivity contribution in [1.29, 1.82) is 0 Å². The van der Waals surface area contributed by atoms with Gasteiger partial charge >= 0.3 is 0 Å². The fourth-order valence-electron chi connectivity index (χ4n) is 2.47. The Hall–Kier alpha value is -1.21. The first-order valence-electron chi connectivity index (χ1n) is 7.97. The lowest BCUT2D eigenvalue weighted by molar-refractivity contribution is 0.0150. The quantitative estimate of drug-likeness (QED) is 0.763. The van der Waals surface area contributed by atoms with Gasteiger partial charge in [-0.25, -0.2) is 8.42 Å². The Bertz CT molecular complexity index is 592. The summed E-state index contributed by atoms with van der Waals surface area (Å²) < 4.78 is 32.1. The van der Waals surface area contributed by atoms with Crippen LogP contribution in [-0.4, -0.2) is 64.1 Å². The number of rotatable bonds is 7. The Morgan fingerprint density at radius 3 is 2.48 bits per heavy atom. The minimum Gasteiger partial charge on any atom is -0.377 e. The van der Waals surface area contributed by atoms with Crippen molar-refractivity contribution in [2.24, 2.45) is 0 Å². The first kappa shape index (κ1) is 18.1. The average molecular weight is 338 g/mol. The molecule has 5 nitrogen and oxygen atoms in total. The van der Waals surface area contributed by atoms with Crippen molar-refractivity contribution in [2.45, 2.75) is 18.9 Å². The van der Waals surface area contributed by atoms with Gasteiger partial charge in [-0.2, -0.15) is 4.31 Å². The monoisotopic (exact) mass is 338 g/mol. The predicted molar refractivity (Wildman–Crippen MR) is 93.5 cm³/mol. The smallest absolute Gasteiger partial charge is 0.236 e. The van der Waals surface area contributed by atoms with Crippen molar-refractivity contribution < 1.29 is 13.2 Å². The minimum absolute atomic E-state index is 0.166. The van der Waals surface area contributed by atoms with E-state index in [-0.39, 0.29) is 6.10 Å². The van der Waals surface area contributed by atoms with Gasteiger partial charge in [-0.15, -0.1) is 0 Å². The van der Waals surface area contributed by atoms with E-state index < -0.39 is 10.0 Å². The van der Waals surface area contributed by atoms with Crippen LogP contribution in [0.2, 0.25) is 0 Å². The van der Waals surface area contributed by atoms with Crippen molar-refractivity contribution in [3.63, 3.8) is 0 Å². The highest BCUT2D eigenvalue weighted by atomic mass is 32.2. The number of likely N-dealkylation sites (N-methyl/N-ethyl adjacent to an activating group) is 1. The molecule has 0 radical (unpaired) electrons. The maximum Gasteiger partial charge on any atom is 0.236 e. The Morgan fingerprint density at radius 2 is 1.87 bits per heavy atom. The maximum atomic E-state index is 12.4. The summed E-state index contributed by atoms with van der Waals surface area (Å²) in [5.41, 5.74) is 0.887. The van der Waals surface area contributed by atoms with Gasteiger partial charge in [-0.05, 0) is 38.6 Å². The number of piperidine rings is 1. The Morgan fingerprint density at radius 1 is 1.22 bits per heavy atom. The molecule has 0 amide bonds. The van der Waals surface area contributed by atoms with Gasteiger partial charge in [0.2, 0.25) is 10.0 Å². The molecule has 1 heterocycles. The lowest BCUT2D eigenvalue weighted by atomic mass is 10.1. The summed E-state index contributed by atoms with van der Waals surface area (Å²) in [6.07, 6.45) is 3.33. The van der Waals surface area contributed by atoms with Crippen LogP contribution < -0.4 is 0 Å². The minimum atomic E-state index is -3.35. The van der Waals surface area contributed by atoms with E-state index in [1.54, 1.807) is 6.08 Å². The molecule has 0 aromatic heterocycles. The zero-order chi connectivity index (χ0) is 16.7. The Kier molecular flexibility index (Phi) is 6.77. The summed E-state index contributed by atoms with van der Waals surface area (Å²) in [5, 5.41) is 1.30.